The zero-order valence-corrected chi connectivity index (χ0v) is 11.5. The van der Waals surface area contributed by atoms with Crippen LogP contribution in [0.2, 0.25) is 0 Å². The number of carbonyl (C=O) groups excluding carboxylic acids is 1. The van der Waals surface area contributed by atoms with Crippen molar-refractivity contribution < 1.29 is 14.3 Å². The van der Waals surface area contributed by atoms with E-state index in [0.717, 1.165) is 17.7 Å². The van der Waals surface area contributed by atoms with Gasteiger partial charge in [-0.1, -0.05) is 18.2 Å². The first-order chi connectivity index (χ1) is 9.79. The molecule has 1 amide bonds. The summed E-state index contributed by atoms with van der Waals surface area (Å²) < 4.78 is 11.1. The van der Waals surface area contributed by atoms with Crippen LogP contribution in [-0.2, 0) is 9.53 Å². The summed E-state index contributed by atoms with van der Waals surface area (Å²) in [4.78, 5) is 14.6. The summed E-state index contributed by atoms with van der Waals surface area (Å²) in [6.07, 6.45) is 0.698. The predicted molar refractivity (Wildman–Crippen MR) is 74.7 cm³/mol. The van der Waals surface area contributed by atoms with Crippen molar-refractivity contribution in [1.82, 2.24) is 4.90 Å². The van der Waals surface area contributed by atoms with E-state index in [1.165, 1.54) is 0 Å². The Morgan fingerprint density at radius 2 is 2.20 bits per heavy atom. The minimum Gasteiger partial charge on any atom is -0.493 e. The molecule has 20 heavy (non-hydrogen) atoms. The molecule has 2 aliphatic rings. The Labute approximate surface area is 118 Å². The first kappa shape index (κ1) is 13.4. The van der Waals surface area contributed by atoms with Crippen LogP contribution >= 0.6 is 0 Å². The van der Waals surface area contributed by atoms with Crippen LogP contribution in [0.5, 0.6) is 5.75 Å². The molecule has 0 aliphatic carbocycles. The quantitative estimate of drug-likeness (QED) is 0.865. The second-order valence-corrected chi connectivity index (χ2v) is 5.24. The normalized spacial score (nSPS) is 25.8. The van der Waals surface area contributed by atoms with Gasteiger partial charge in [0.25, 0.3) is 0 Å². The highest BCUT2D eigenvalue weighted by atomic mass is 16.5. The first-order valence-corrected chi connectivity index (χ1v) is 7.12. The fraction of sp³-hybridized carbons (Fsp3) is 0.533. The van der Waals surface area contributed by atoms with Gasteiger partial charge in [-0.15, -0.1) is 0 Å². The molecular formula is C15H20N2O3. The second kappa shape index (κ2) is 5.81. The molecule has 0 bridgehead atoms. The van der Waals surface area contributed by atoms with E-state index in [9.17, 15) is 4.79 Å². The molecule has 1 aromatic carbocycles. The van der Waals surface area contributed by atoms with E-state index in [-0.39, 0.29) is 17.9 Å². The van der Waals surface area contributed by atoms with Gasteiger partial charge in [-0.2, -0.15) is 0 Å². The number of para-hydroxylation sites is 1. The fourth-order valence-corrected chi connectivity index (χ4v) is 2.88. The average molecular weight is 276 g/mol. The molecule has 2 heterocycles. The molecule has 108 valence electrons. The minimum atomic E-state index is -0.100. The monoisotopic (exact) mass is 276 g/mol. The van der Waals surface area contributed by atoms with E-state index in [0.29, 0.717) is 32.8 Å². The lowest BCUT2D eigenvalue weighted by molar-refractivity contribution is -0.140. The van der Waals surface area contributed by atoms with Crippen molar-refractivity contribution in [3.63, 3.8) is 0 Å². The maximum Gasteiger partial charge on any atom is 0.230 e. The number of ether oxygens (including phenoxy) is 2. The second-order valence-electron chi connectivity index (χ2n) is 5.24. The zero-order valence-electron chi connectivity index (χ0n) is 11.5. The van der Waals surface area contributed by atoms with Gasteiger partial charge in [-0.3, -0.25) is 4.79 Å². The molecule has 0 spiro atoms. The molecule has 1 aromatic rings. The van der Waals surface area contributed by atoms with Gasteiger partial charge in [0.05, 0.1) is 25.2 Å². The van der Waals surface area contributed by atoms with E-state index < -0.39 is 0 Å². The van der Waals surface area contributed by atoms with E-state index in [2.05, 4.69) is 0 Å². The zero-order chi connectivity index (χ0) is 13.9. The van der Waals surface area contributed by atoms with Crippen molar-refractivity contribution in [2.24, 2.45) is 5.73 Å². The number of hydrogen-bond donors (Lipinski definition) is 1. The number of morpholine rings is 1. The first-order valence-electron chi connectivity index (χ1n) is 7.12. The number of benzene rings is 1. The highest BCUT2D eigenvalue weighted by Gasteiger charge is 2.33. The lowest BCUT2D eigenvalue weighted by Gasteiger charge is -2.36. The standard InChI is InChI=1S/C15H20N2O3/c16-9-11-10-17(6-8-19-11)15(18)13-5-7-20-14-4-2-1-3-12(13)14/h1-4,11,13H,5-10,16H2/t11-,13-/m0/s1. The maximum atomic E-state index is 12.8. The van der Waals surface area contributed by atoms with Crippen molar-refractivity contribution in [3.05, 3.63) is 29.8 Å². The van der Waals surface area contributed by atoms with Crippen LogP contribution in [-0.4, -0.2) is 49.8 Å². The molecule has 2 N–H and O–H groups in total. The summed E-state index contributed by atoms with van der Waals surface area (Å²) in [5.74, 6) is 0.903. The SMILES string of the molecule is NC[C@H]1CN(C(=O)[C@H]2CCOc3ccccc32)CCO1. The smallest absolute Gasteiger partial charge is 0.230 e. The van der Waals surface area contributed by atoms with E-state index in [4.69, 9.17) is 15.2 Å². The molecular weight excluding hydrogens is 256 g/mol. The number of fused-ring (bicyclic) bond motifs is 1. The van der Waals surface area contributed by atoms with E-state index >= 15 is 0 Å². The average Bonchev–Trinajstić information content (AvgIpc) is 2.53. The summed E-state index contributed by atoms with van der Waals surface area (Å²) in [5, 5.41) is 0. The highest BCUT2D eigenvalue weighted by molar-refractivity contribution is 5.85. The molecule has 5 nitrogen and oxygen atoms in total. The Kier molecular flexibility index (Phi) is 3.89. The van der Waals surface area contributed by atoms with Gasteiger partial charge in [0.1, 0.15) is 5.75 Å². The van der Waals surface area contributed by atoms with Crippen LogP contribution in [0, 0.1) is 0 Å². The van der Waals surface area contributed by atoms with Crippen molar-refractivity contribution in [2.45, 2.75) is 18.4 Å². The van der Waals surface area contributed by atoms with Crippen LogP contribution in [0.1, 0.15) is 17.9 Å². The van der Waals surface area contributed by atoms with Crippen LogP contribution in [0.4, 0.5) is 0 Å². The van der Waals surface area contributed by atoms with Crippen LogP contribution in [0.3, 0.4) is 0 Å². The van der Waals surface area contributed by atoms with Gasteiger partial charge in [0.2, 0.25) is 5.91 Å². The maximum absolute atomic E-state index is 12.8. The molecule has 0 saturated carbocycles. The summed E-state index contributed by atoms with van der Waals surface area (Å²) in [5.41, 5.74) is 6.64. The molecule has 5 heteroatoms. The lowest BCUT2D eigenvalue weighted by atomic mass is 9.91. The molecule has 0 aromatic heterocycles. The van der Waals surface area contributed by atoms with Crippen LogP contribution < -0.4 is 10.5 Å². The summed E-state index contributed by atoms with van der Waals surface area (Å²) in [7, 11) is 0. The van der Waals surface area contributed by atoms with Gasteiger partial charge >= 0.3 is 0 Å². The number of nitrogens with zero attached hydrogens (tertiary/aromatic N) is 1. The molecule has 0 unspecified atom stereocenters. The number of nitrogens with two attached hydrogens (primary N) is 1. The van der Waals surface area contributed by atoms with Gasteiger partial charge in [0, 0.05) is 25.2 Å². The topological polar surface area (TPSA) is 64.8 Å². The molecule has 0 radical (unpaired) electrons. The molecule has 2 atom stereocenters. The Balaban J connectivity index is 1.78. The van der Waals surface area contributed by atoms with Gasteiger partial charge in [-0.25, -0.2) is 0 Å². The summed E-state index contributed by atoms with van der Waals surface area (Å²) in [6.45, 7) is 2.86. The summed E-state index contributed by atoms with van der Waals surface area (Å²) in [6, 6.07) is 7.80. The third-order valence-corrected chi connectivity index (χ3v) is 3.97. The number of hydrogen-bond acceptors (Lipinski definition) is 4. The van der Waals surface area contributed by atoms with E-state index in [1.807, 2.05) is 29.2 Å². The van der Waals surface area contributed by atoms with Crippen molar-refractivity contribution in [3.8, 4) is 5.75 Å². The Morgan fingerprint density at radius 3 is 3.05 bits per heavy atom. The number of amides is 1. The number of rotatable bonds is 2. The fourth-order valence-electron chi connectivity index (χ4n) is 2.88. The van der Waals surface area contributed by atoms with Crippen molar-refractivity contribution in [1.29, 1.82) is 0 Å². The van der Waals surface area contributed by atoms with Crippen LogP contribution in [0.15, 0.2) is 24.3 Å². The Bertz CT molecular complexity index is 492. The van der Waals surface area contributed by atoms with Gasteiger partial charge in [-0.05, 0) is 12.5 Å². The van der Waals surface area contributed by atoms with Crippen molar-refractivity contribution in [2.75, 3.05) is 32.8 Å². The largest absolute Gasteiger partial charge is 0.493 e. The van der Waals surface area contributed by atoms with Gasteiger partial charge in [0.15, 0.2) is 0 Å². The van der Waals surface area contributed by atoms with Crippen LogP contribution in [0.25, 0.3) is 0 Å². The molecule has 1 saturated heterocycles. The Morgan fingerprint density at radius 1 is 1.35 bits per heavy atom. The number of carbonyl (C=O) groups is 1. The highest BCUT2D eigenvalue weighted by Crippen LogP contribution is 2.34. The Hall–Kier alpha value is -1.59. The minimum absolute atomic E-state index is 0.0391. The van der Waals surface area contributed by atoms with Crippen molar-refractivity contribution >= 4 is 5.91 Å². The third-order valence-electron chi connectivity index (χ3n) is 3.97. The third kappa shape index (κ3) is 2.51. The lowest BCUT2D eigenvalue weighted by Crippen LogP contribution is -2.49. The van der Waals surface area contributed by atoms with E-state index in [1.54, 1.807) is 0 Å². The predicted octanol–water partition coefficient (Wildman–Crippen LogP) is 0.739. The summed E-state index contributed by atoms with van der Waals surface area (Å²) >= 11 is 0. The van der Waals surface area contributed by atoms with Gasteiger partial charge < -0.3 is 20.1 Å². The molecule has 1 fully saturated rings. The molecule has 2 aliphatic heterocycles. The molecule has 3 rings (SSSR count).